The van der Waals surface area contributed by atoms with Crippen LogP contribution in [0.2, 0.25) is 0 Å². The van der Waals surface area contributed by atoms with Crippen molar-refractivity contribution in [2.45, 2.75) is 11.8 Å². The monoisotopic (exact) mass is 502 g/mol. The van der Waals surface area contributed by atoms with Gasteiger partial charge in [0.1, 0.15) is 18.0 Å². The van der Waals surface area contributed by atoms with Gasteiger partial charge >= 0.3 is 0 Å². The van der Waals surface area contributed by atoms with E-state index in [0.29, 0.717) is 35.2 Å². The quantitative estimate of drug-likeness (QED) is 0.300. The van der Waals surface area contributed by atoms with Gasteiger partial charge in [0.05, 0.1) is 22.9 Å². The molecule has 0 saturated heterocycles. The SMILES string of the molecule is CCOc1ccc(N(CC(=O)Nc2ccccc2Oc2ccccc2)S(=O)(=O)c2ccccc2)cc1. The van der Waals surface area contributed by atoms with Crippen molar-refractivity contribution in [2.75, 3.05) is 22.8 Å². The Bertz CT molecular complexity index is 1390. The third-order valence-electron chi connectivity index (χ3n) is 5.19. The summed E-state index contributed by atoms with van der Waals surface area (Å²) in [4.78, 5) is 13.2. The summed E-state index contributed by atoms with van der Waals surface area (Å²) >= 11 is 0. The maximum absolute atomic E-state index is 13.5. The number of benzene rings is 4. The number of nitrogens with one attached hydrogen (secondary N) is 1. The highest BCUT2D eigenvalue weighted by Gasteiger charge is 2.27. The Morgan fingerprint density at radius 3 is 2.06 bits per heavy atom. The lowest BCUT2D eigenvalue weighted by molar-refractivity contribution is -0.114. The molecule has 184 valence electrons. The first-order valence-electron chi connectivity index (χ1n) is 11.4. The van der Waals surface area contributed by atoms with E-state index in [9.17, 15) is 13.2 Å². The Kier molecular flexibility index (Phi) is 7.87. The van der Waals surface area contributed by atoms with Gasteiger partial charge in [0.2, 0.25) is 5.91 Å². The predicted octanol–water partition coefficient (Wildman–Crippen LogP) is 5.71. The lowest BCUT2D eigenvalue weighted by atomic mass is 10.2. The highest BCUT2D eigenvalue weighted by atomic mass is 32.2. The fourth-order valence-electron chi connectivity index (χ4n) is 3.50. The molecule has 0 unspecified atom stereocenters. The first kappa shape index (κ1) is 24.8. The van der Waals surface area contributed by atoms with Crippen LogP contribution in [0, 0.1) is 0 Å². The highest BCUT2D eigenvalue weighted by Crippen LogP contribution is 2.30. The maximum atomic E-state index is 13.5. The fraction of sp³-hybridized carbons (Fsp3) is 0.107. The van der Waals surface area contributed by atoms with E-state index in [2.05, 4.69) is 5.32 Å². The van der Waals surface area contributed by atoms with Gasteiger partial charge in [0.25, 0.3) is 10.0 Å². The largest absolute Gasteiger partial charge is 0.494 e. The summed E-state index contributed by atoms with van der Waals surface area (Å²) in [6.07, 6.45) is 0. The van der Waals surface area contributed by atoms with Crippen molar-refractivity contribution in [1.82, 2.24) is 0 Å². The van der Waals surface area contributed by atoms with E-state index in [1.165, 1.54) is 12.1 Å². The number of sulfonamides is 1. The third kappa shape index (κ3) is 6.03. The molecule has 4 aromatic rings. The zero-order chi connectivity index (χ0) is 25.4. The Hall–Kier alpha value is -4.30. The van der Waals surface area contributed by atoms with Crippen LogP contribution in [-0.4, -0.2) is 27.5 Å². The Labute approximate surface area is 211 Å². The summed E-state index contributed by atoms with van der Waals surface area (Å²) in [5, 5.41) is 2.79. The molecule has 36 heavy (non-hydrogen) atoms. The van der Waals surface area contributed by atoms with Crippen molar-refractivity contribution in [3.8, 4) is 17.2 Å². The van der Waals surface area contributed by atoms with Crippen molar-refractivity contribution >= 4 is 27.3 Å². The highest BCUT2D eigenvalue weighted by molar-refractivity contribution is 7.92. The van der Waals surface area contributed by atoms with E-state index in [1.54, 1.807) is 78.9 Å². The normalized spacial score (nSPS) is 10.9. The van der Waals surface area contributed by atoms with Gasteiger partial charge in [-0.2, -0.15) is 0 Å². The average molecular weight is 503 g/mol. The molecule has 0 aromatic heterocycles. The Morgan fingerprint density at radius 1 is 0.778 bits per heavy atom. The van der Waals surface area contributed by atoms with Crippen molar-refractivity contribution in [3.63, 3.8) is 0 Å². The number of amides is 1. The molecule has 4 aromatic carbocycles. The van der Waals surface area contributed by atoms with E-state index in [1.807, 2.05) is 25.1 Å². The van der Waals surface area contributed by atoms with E-state index in [4.69, 9.17) is 9.47 Å². The summed E-state index contributed by atoms with van der Waals surface area (Å²) in [5.41, 5.74) is 0.765. The number of nitrogens with zero attached hydrogens (tertiary/aromatic N) is 1. The van der Waals surface area contributed by atoms with E-state index < -0.39 is 22.5 Å². The number of carbonyl (C=O) groups excluding carboxylic acids is 1. The van der Waals surface area contributed by atoms with Crippen LogP contribution in [0.4, 0.5) is 11.4 Å². The summed E-state index contributed by atoms with van der Waals surface area (Å²) < 4.78 is 39.5. The van der Waals surface area contributed by atoms with Gasteiger partial charge in [-0.05, 0) is 67.6 Å². The van der Waals surface area contributed by atoms with Crippen LogP contribution in [0.1, 0.15) is 6.92 Å². The first-order chi connectivity index (χ1) is 17.5. The summed E-state index contributed by atoms with van der Waals surface area (Å²) in [5.74, 6) is 1.14. The number of rotatable bonds is 10. The topological polar surface area (TPSA) is 84.9 Å². The van der Waals surface area contributed by atoms with Crippen molar-refractivity contribution in [1.29, 1.82) is 0 Å². The molecule has 1 amide bonds. The van der Waals surface area contributed by atoms with E-state index >= 15 is 0 Å². The molecule has 0 bridgehead atoms. The Morgan fingerprint density at radius 2 is 1.39 bits per heavy atom. The second kappa shape index (κ2) is 11.4. The molecule has 0 heterocycles. The zero-order valence-corrected chi connectivity index (χ0v) is 20.5. The van der Waals surface area contributed by atoms with Crippen LogP contribution in [0.15, 0.2) is 114 Å². The van der Waals surface area contributed by atoms with Crippen LogP contribution in [0.5, 0.6) is 17.2 Å². The minimum absolute atomic E-state index is 0.0829. The molecule has 8 heteroatoms. The minimum atomic E-state index is -4.02. The number of para-hydroxylation sites is 3. The minimum Gasteiger partial charge on any atom is -0.494 e. The first-order valence-corrected chi connectivity index (χ1v) is 12.8. The van der Waals surface area contributed by atoms with Crippen LogP contribution < -0.4 is 19.1 Å². The number of hydrogen-bond donors (Lipinski definition) is 1. The van der Waals surface area contributed by atoms with Crippen molar-refractivity contribution in [2.24, 2.45) is 0 Å². The standard InChI is InChI=1S/C28H26N2O5S/c1-2-34-23-19-17-22(18-20-23)30(36(32,33)25-13-7-4-8-14-25)21-28(31)29-26-15-9-10-16-27(26)35-24-11-5-3-6-12-24/h3-20H,2,21H2,1H3,(H,29,31). The molecule has 0 radical (unpaired) electrons. The molecular weight excluding hydrogens is 476 g/mol. The van der Waals surface area contributed by atoms with Gasteiger partial charge in [0.15, 0.2) is 5.75 Å². The molecule has 0 fully saturated rings. The molecule has 0 atom stereocenters. The molecule has 0 spiro atoms. The van der Waals surface area contributed by atoms with Crippen molar-refractivity contribution in [3.05, 3.63) is 109 Å². The lowest BCUT2D eigenvalue weighted by Crippen LogP contribution is -2.38. The predicted molar refractivity (Wildman–Crippen MR) is 140 cm³/mol. The Balaban J connectivity index is 1.60. The van der Waals surface area contributed by atoms with Gasteiger partial charge in [-0.25, -0.2) is 8.42 Å². The second-order valence-corrected chi connectivity index (χ2v) is 9.57. The van der Waals surface area contributed by atoms with Gasteiger partial charge in [-0.15, -0.1) is 0 Å². The molecule has 1 N–H and O–H groups in total. The number of hydrogen-bond acceptors (Lipinski definition) is 5. The maximum Gasteiger partial charge on any atom is 0.264 e. The van der Waals surface area contributed by atoms with Crippen LogP contribution in [0.25, 0.3) is 0 Å². The number of carbonyl (C=O) groups is 1. The van der Waals surface area contributed by atoms with E-state index in [0.717, 1.165) is 4.31 Å². The molecule has 0 aliphatic heterocycles. The second-order valence-electron chi connectivity index (χ2n) is 7.71. The number of ether oxygens (including phenoxy) is 2. The zero-order valence-electron chi connectivity index (χ0n) is 19.7. The third-order valence-corrected chi connectivity index (χ3v) is 6.97. The molecule has 0 aliphatic rings. The van der Waals surface area contributed by atoms with Gasteiger partial charge in [-0.1, -0.05) is 48.5 Å². The fourth-order valence-corrected chi connectivity index (χ4v) is 4.95. The van der Waals surface area contributed by atoms with Crippen LogP contribution in [-0.2, 0) is 14.8 Å². The molecule has 0 aliphatic carbocycles. The van der Waals surface area contributed by atoms with Crippen LogP contribution >= 0.6 is 0 Å². The molecular formula is C28H26N2O5S. The summed E-state index contributed by atoms with van der Waals surface area (Å²) in [7, 11) is -4.02. The molecule has 4 rings (SSSR count). The van der Waals surface area contributed by atoms with Gasteiger partial charge < -0.3 is 14.8 Å². The number of anilines is 2. The summed E-state index contributed by atoms with van der Waals surface area (Å²) in [6, 6.07) is 30.7. The van der Waals surface area contributed by atoms with Gasteiger partial charge in [0, 0.05) is 0 Å². The van der Waals surface area contributed by atoms with Crippen LogP contribution in [0.3, 0.4) is 0 Å². The summed E-state index contributed by atoms with van der Waals surface area (Å²) in [6.45, 7) is 1.91. The smallest absolute Gasteiger partial charge is 0.264 e. The van der Waals surface area contributed by atoms with E-state index in [-0.39, 0.29) is 4.90 Å². The van der Waals surface area contributed by atoms with Crippen molar-refractivity contribution < 1.29 is 22.7 Å². The lowest BCUT2D eigenvalue weighted by Gasteiger charge is -2.24. The van der Waals surface area contributed by atoms with Gasteiger partial charge in [-0.3, -0.25) is 9.10 Å². The molecule has 7 nitrogen and oxygen atoms in total. The average Bonchev–Trinajstić information content (AvgIpc) is 2.90. The molecule has 0 saturated carbocycles.